The zero-order valence-electron chi connectivity index (χ0n) is 12.0. The number of unbranched alkanes of at least 4 members (excludes halogenated alkanes) is 4. The summed E-state index contributed by atoms with van der Waals surface area (Å²) < 4.78 is 0. The van der Waals surface area contributed by atoms with Crippen molar-refractivity contribution in [3.63, 3.8) is 0 Å². The summed E-state index contributed by atoms with van der Waals surface area (Å²) in [5.41, 5.74) is 0. The second kappa shape index (κ2) is 10.6. The predicted molar refractivity (Wildman–Crippen MR) is 84.0 cm³/mol. The first-order chi connectivity index (χ1) is 8.83. The Kier molecular flexibility index (Phi) is 9.27. The van der Waals surface area contributed by atoms with Crippen LogP contribution in [0.5, 0.6) is 0 Å². The molecule has 0 aromatic carbocycles. The first-order valence-corrected chi connectivity index (χ1v) is 8.28. The van der Waals surface area contributed by atoms with Crippen molar-refractivity contribution < 1.29 is 0 Å². The van der Waals surface area contributed by atoms with Gasteiger partial charge in [-0.1, -0.05) is 58.3 Å². The SMILES string of the molecule is CCCCCCCNC(=S)NC1CCCCCC1. The molecule has 1 saturated carbocycles. The maximum atomic E-state index is 5.36. The Bertz CT molecular complexity index is 211. The molecule has 1 aliphatic rings. The van der Waals surface area contributed by atoms with Gasteiger partial charge in [0.15, 0.2) is 5.11 Å². The van der Waals surface area contributed by atoms with Crippen molar-refractivity contribution in [3.05, 3.63) is 0 Å². The van der Waals surface area contributed by atoms with Crippen molar-refractivity contribution in [1.29, 1.82) is 0 Å². The standard InChI is InChI=1S/C15H30N2S/c1-2-3-4-7-10-13-16-15(18)17-14-11-8-5-6-9-12-14/h14H,2-13H2,1H3,(H2,16,17,18). The van der Waals surface area contributed by atoms with E-state index in [1.807, 2.05) is 0 Å². The Labute approximate surface area is 118 Å². The van der Waals surface area contributed by atoms with Crippen LogP contribution in [0.2, 0.25) is 0 Å². The van der Waals surface area contributed by atoms with E-state index in [1.165, 1.54) is 70.6 Å². The minimum absolute atomic E-state index is 0.618. The second-order valence-corrected chi connectivity index (χ2v) is 5.91. The summed E-state index contributed by atoms with van der Waals surface area (Å²) in [5.74, 6) is 0. The Hall–Kier alpha value is -0.310. The van der Waals surface area contributed by atoms with Crippen LogP contribution in [0.3, 0.4) is 0 Å². The van der Waals surface area contributed by atoms with Crippen molar-refractivity contribution in [2.45, 2.75) is 83.6 Å². The normalized spacial score (nSPS) is 17.2. The fourth-order valence-corrected chi connectivity index (χ4v) is 2.86. The summed E-state index contributed by atoms with van der Waals surface area (Å²) in [6.45, 7) is 3.28. The van der Waals surface area contributed by atoms with Crippen molar-refractivity contribution in [2.75, 3.05) is 6.54 Å². The Morgan fingerprint density at radius 2 is 1.67 bits per heavy atom. The molecule has 0 radical (unpaired) electrons. The highest BCUT2D eigenvalue weighted by Gasteiger charge is 2.12. The second-order valence-electron chi connectivity index (χ2n) is 5.50. The van der Waals surface area contributed by atoms with E-state index in [1.54, 1.807) is 0 Å². The molecule has 1 aliphatic carbocycles. The molecule has 18 heavy (non-hydrogen) atoms. The number of hydrogen-bond acceptors (Lipinski definition) is 1. The summed E-state index contributed by atoms with van der Waals surface area (Å²) in [5, 5.41) is 7.70. The molecular weight excluding hydrogens is 240 g/mol. The van der Waals surface area contributed by atoms with E-state index in [-0.39, 0.29) is 0 Å². The van der Waals surface area contributed by atoms with Crippen LogP contribution < -0.4 is 10.6 Å². The fourth-order valence-electron chi connectivity index (χ4n) is 2.59. The van der Waals surface area contributed by atoms with Crippen LogP contribution >= 0.6 is 12.2 Å². The van der Waals surface area contributed by atoms with Gasteiger partial charge < -0.3 is 10.6 Å². The highest BCUT2D eigenvalue weighted by atomic mass is 32.1. The molecule has 2 N–H and O–H groups in total. The molecule has 1 fully saturated rings. The van der Waals surface area contributed by atoms with Gasteiger partial charge in [0, 0.05) is 12.6 Å². The molecule has 0 unspecified atom stereocenters. The Morgan fingerprint density at radius 1 is 1.00 bits per heavy atom. The topological polar surface area (TPSA) is 24.1 Å². The largest absolute Gasteiger partial charge is 0.363 e. The third-order valence-electron chi connectivity index (χ3n) is 3.76. The van der Waals surface area contributed by atoms with Crippen molar-refractivity contribution >= 4 is 17.3 Å². The third-order valence-corrected chi connectivity index (χ3v) is 4.02. The minimum Gasteiger partial charge on any atom is -0.363 e. The lowest BCUT2D eigenvalue weighted by Gasteiger charge is -2.19. The summed E-state index contributed by atoms with van der Waals surface area (Å²) >= 11 is 5.36. The van der Waals surface area contributed by atoms with Gasteiger partial charge in [0.1, 0.15) is 0 Å². The van der Waals surface area contributed by atoms with Gasteiger partial charge in [-0.05, 0) is 31.5 Å². The molecule has 0 heterocycles. The van der Waals surface area contributed by atoms with Crippen LogP contribution in [-0.2, 0) is 0 Å². The van der Waals surface area contributed by atoms with Gasteiger partial charge in [-0.2, -0.15) is 0 Å². The van der Waals surface area contributed by atoms with Crippen molar-refractivity contribution in [3.8, 4) is 0 Å². The number of thiocarbonyl (C=S) groups is 1. The zero-order valence-corrected chi connectivity index (χ0v) is 12.8. The maximum absolute atomic E-state index is 5.36. The molecule has 0 aromatic rings. The average molecular weight is 270 g/mol. The van der Waals surface area contributed by atoms with Crippen LogP contribution in [0.15, 0.2) is 0 Å². The van der Waals surface area contributed by atoms with E-state index in [0.29, 0.717) is 6.04 Å². The molecule has 0 bridgehead atoms. The monoisotopic (exact) mass is 270 g/mol. The minimum atomic E-state index is 0.618. The van der Waals surface area contributed by atoms with Crippen LogP contribution in [0, 0.1) is 0 Å². The Balaban J connectivity index is 1.98. The van der Waals surface area contributed by atoms with Crippen LogP contribution in [0.4, 0.5) is 0 Å². The highest BCUT2D eigenvalue weighted by molar-refractivity contribution is 7.80. The molecule has 0 spiro atoms. The van der Waals surface area contributed by atoms with Crippen LogP contribution in [0.1, 0.15) is 77.6 Å². The lowest BCUT2D eigenvalue weighted by Crippen LogP contribution is -2.42. The third kappa shape index (κ3) is 7.91. The van der Waals surface area contributed by atoms with Crippen LogP contribution in [0.25, 0.3) is 0 Å². The zero-order chi connectivity index (χ0) is 13.1. The first-order valence-electron chi connectivity index (χ1n) is 7.87. The number of nitrogens with one attached hydrogen (secondary N) is 2. The molecule has 1 rings (SSSR count). The molecule has 3 heteroatoms. The van der Waals surface area contributed by atoms with Gasteiger partial charge in [0.2, 0.25) is 0 Å². The molecule has 2 nitrogen and oxygen atoms in total. The van der Waals surface area contributed by atoms with E-state index >= 15 is 0 Å². The molecule has 0 saturated heterocycles. The molecule has 106 valence electrons. The lowest BCUT2D eigenvalue weighted by atomic mass is 10.1. The quantitative estimate of drug-likeness (QED) is 0.413. The molecular formula is C15H30N2S. The summed E-state index contributed by atoms with van der Waals surface area (Å²) in [4.78, 5) is 0. The van der Waals surface area contributed by atoms with Crippen molar-refractivity contribution in [2.24, 2.45) is 0 Å². The van der Waals surface area contributed by atoms with Crippen LogP contribution in [-0.4, -0.2) is 17.7 Å². The maximum Gasteiger partial charge on any atom is 0.166 e. The summed E-state index contributed by atoms with van der Waals surface area (Å²) in [6, 6.07) is 0.618. The molecule has 0 amide bonds. The van der Waals surface area contributed by atoms with Gasteiger partial charge in [0.05, 0.1) is 0 Å². The van der Waals surface area contributed by atoms with Crippen molar-refractivity contribution in [1.82, 2.24) is 10.6 Å². The highest BCUT2D eigenvalue weighted by Crippen LogP contribution is 2.16. The van der Waals surface area contributed by atoms with Gasteiger partial charge >= 0.3 is 0 Å². The van der Waals surface area contributed by atoms with E-state index in [4.69, 9.17) is 12.2 Å². The predicted octanol–water partition coefficient (Wildman–Crippen LogP) is 4.14. The van der Waals surface area contributed by atoms with E-state index in [9.17, 15) is 0 Å². The van der Waals surface area contributed by atoms with Gasteiger partial charge in [-0.15, -0.1) is 0 Å². The van der Waals surface area contributed by atoms with Gasteiger partial charge in [0.25, 0.3) is 0 Å². The number of hydrogen-bond donors (Lipinski definition) is 2. The molecule has 0 aromatic heterocycles. The van der Waals surface area contributed by atoms with Gasteiger partial charge in [-0.25, -0.2) is 0 Å². The Morgan fingerprint density at radius 3 is 2.33 bits per heavy atom. The lowest BCUT2D eigenvalue weighted by molar-refractivity contribution is 0.527. The van der Waals surface area contributed by atoms with E-state index in [2.05, 4.69) is 17.6 Å². The molecule has 0 atom stereocenters. The fraction of sp³-hybridized carbons (Fsp3) is 0.933. The molecule has 0 aliphatic heterocycles. The smallest absolute Gasteiger partial charge is 0.166 e. The first kappa shape index (κ1) is 15.7. The summed E-state index contributed by atoms with van der Waals surface area (Å²) in [6.07, 6.45) is 14.7. The number of rotatable bonds is 7. The van der Waals surface area contributed by atoms with Gasteiger partial charge in [-0.3, -0.25) is 0 Å². The summed E-state index contributed by atoms with van der Waals surface area (Å²) in [7, 11) is 0. The van der Waals surface area contributed by atoms with E-state index in [0.717, 1.165) is 11.7 Å². The average Bonchev–Trinajstić information content (AvgIpc) is 2.62. The van der Waals surface area contributed by atoms with E-state index < -0.39 is 0 Å².